The Balaban J connectivity index is 0.00000594. The fourth-order valence-electron chi connectivity index (χ4n) is 32.8. The zero-order valence-corrected chi connectivity index (χ0v) is 65.0. The van der Waals surface area contributed by atoms with E-state index in [4.69, 9.17) is 39.9 Å². The van der Waals surface area contributed by atoms with E-state index in [-0.39, 0.29) is 39.4 Å². The molecule has 42 rings (SSSR count). The molecule has 3 atom stereocenters. The molecule has 9 nitrogen and oxygen atoms in total. The van der Waals surface area contributed by atoms with Gasteiger partial charge < -0.3 is 29.9 Å². The van der Waals surface area contributed by atoms with Crippen LogP contribution in [0.15, 0.2) is 72.8 Å². The van der Waals surface area contributed by atoms with E-state index >= 15 is 0 Å². The molecule has 1 radical (unpaired) electrons. The van der Waals surface area contributed by atoms with Crippen LogP contribution in [0.4, 0.5) is 0 Å². The Morgan fingerprint density at radius 3 is 0.872 bits per heavy atom. The van der Waals surface area contributed by atoms with Crippen molar-refractivity contribution in [2.45, 2.75) is 95.4 Å². The molecular weight excluding hydrogens is 1470 g/mol. The van der Waals surface area contributed by atoms with Crippen LogP contribution in [0.2, 0.25) is 0 Å². The SMILES string of the molecule is CN1CC23c4c5c6c7c8c9c(c%10c%11c2c2c%12c4c4c%13c5c5c7c7c8c8c%14c9c%10c9c%10c%11c2c2c%11c%12c4c4c%12c%13c5c5c7c7c8c8c%14c9c9c%10c2c2c%11c4c4c%12c5c7c5c8c9c2c45)C63C1c1ccc2c(c1)-c1nc-2nc2[n-]c(nc3nc(nc4[n-]c(n1)c1ccc(C(C)(C)C)cc41)-c1ccc(C(C)(C)C)cc1-3)c1cc(C(C)(C)C)ccc21.[Cu+2]. The minimum atomic E-state index is -0.584. The first-order chi connectivity index (χ1) is 56.5. The van der Waals surface area contributed by atoms with Crippen LogP contribution in [0.25, 0.3) is 381 Å². The van der Waals surface area contributed by atoms with Gasteiger partial charge in [-0.05, 0) is 404 Å². The van der Waals surface area contributed by atoms with Crippen molar-refractivity contribution in [1.82, 2.24) is 44.8 Å². The average molecular weight is 1520 g/mol. The van der Waals surface area contributed by atoms with E-state index in [1.54, 1.807) is 313 Å². The summed E-state index contributed by atoms with van der Waals surface area (Å²) in [5.74, 6) is 2.31. The van der Waals surface area contributed by atoms with Gasteiger partial charge in [0.2, 0.25) is 0 Å². The molecule has 1 saturated heterocycles. The first-order valence-corrected chi connectivity index (χ1v) is 42.2. The van der Waals surface area contributed by atoms with Crippen molar-refractivity contribution in [2.24, 2.45) is 0 Å². The fourth-order valence-corrected chi connectivity index (χ4v) is 32.8. The Morgan fingerprint density at radius 2 is 0.513 bits per heavy atom. The zero-order chi connectivity index (χ0) is 73.5. The van der Waals surface area contributed by atoms with Gasteiger partial charge in [0, 0.05) is 57.4 Å². The standard InChI is InChI=1S/C107H45N9.Cu/c1-103(2,3)25-13-17-30-33(20-25)100-112-97(30)110-99-32-19-24(11-15-28(32)95(109-99)108-96-29-16-12-26(104(4,5)6)21-34(29)101(111-96)115-102-35-22-27(105(7,8)9)14-18-31(35)98(113-100)114-102)94-107-92-85-77-65-57-48-39-37-36-38-42(39)51-58-56-47(38)49-45-40(36)43-44-41(37)46-50(48)63(65)71-69-55(46)53(44)61-60-52(43)54(45)68-70-62(49)64(56)76-78-66(58)67(59(51)57)79(77)88(92)87(78)90-83(76)81(70)84-74(68)72(60)80-73(61)75(69)86(82(71)85)93(107)89(80)91(84)106(90,107)23-116(94)10;/h11-22,94H,23H2,1-10H3;/q-2;+2. The first-order valence-electron chi connectivity index (χ1n) is 42.2. The normalized spacial score (nSPS) is 19.7. The second-order valence-corrected chi connectivity index (χ2v) is 42.1. The summed E-state index contributed by atoms with van der Waals surface area (Å²) >= 11 is 0. The summed E-state index contributed by atoms with van der Waals surface area (Å²) in [6.07, 6.45) is 0. The van der Waals surface area contributed by atoms with Crippen LogP contribution < -0.4 is 9.97 Å². The molecule has 3 aliphatic heterocycles. The van der Waals surface area contributed by atoms with Crippen LogP contribution in [-0.2, 0) is 44.1 Å². The number of aromatic nitrogens is 8. The molecule has 1 fully saturated rings. The van der Waals surface area contributed by atoms with Crippen molar-refractivity contribution in [2.75, 3.05) is 13.6 Å². The molecule has 4 aliphatic carbocycles. The molecule has 35 aromatic rings. The zero-order valence-electron chi connectivity index (χ0n) is 64.0. The van der Waals surface area contributed by atoms with Gasteiger partial charge in [0.15, 0.2) is 0 Å². The van der Waals surface area contributed by atoms with Crippen molar-refractivity contribution >= 4 is 335 Å². The summed E-state index contributed by atoms with van der Waals surface area (Å²) in [5.41, 5.74) is 16.1. The maximum atomic E-state index is 5.91. The predicted octanol–water partition coefficient (Wildman–Crippen LogP) is 26.3. The van der Waals surface area contributed by atoms with Gasteiger partial charge in [0.25, 0.3) is 0 Å². The molecule has 8 bridgehead atoms. The Bertz CT molecular complexity index is 11100. The van der Waals surface area contributed by atoms with E-state index in [0.717, 1.165) is 50.3 Å². The average Bonchev–Trinajstić information content (AvgIpc) is 1.38. The minimum Gasteiger partial charge on any atom is -0.357 e. The molecule has 0 amide bonds. The van der Waals surface area contributed by atoms with Crippen LogP contribution in [0.3, 0.4) is 0 Å². The molecule has 117 heavy (non-hydrogen) atoms. The van der Waals surface area contributed by atoms with Crippen molar-refractivity contribution in [1.29, 1.82) is 0 Å². The van der Waals surface area contributed by atoms with Gasteiger partial charge in [-0.25, -0.2) is 9.97 Å². The van der Waals surface area contributed by atoms with Gasteiger partial charge in [0.05, 0.1) is 34.1 Å². The molecule has 529 valence electrons. The molecule has 3 aromatic heterocycles. The smallest absolute Gasteiger partial charge is 0.357 e. The number of hydrogen-bond donors (Lipinski definition) is 0. The van der Waals surface area contributed by atoms with Crippen molar-refractivity contribution in [3.8, 4) is 45.6 Å². The third-order valence-corrected chi connectivity index (χ3v) is 35.5. The number of benzene rings is 21. The Hall–Kier alpha value is -12.8. The minimum absolute atomic E-state index is 0. The summed E-state index contributed by atoms with van der Waals surface area (Å²) in [6.45, 7) is 21.4. The van der Waals surface area contributed by atoms with Crippen LogP contribution in [0.5, 0.6) is 0 Å². The van der Waals surface area contributed by atoms with Gasteiger partial charge >= 0.3 is 17.1 Å². The summed E-state index contributed by atoms with van der Waals surface area (Å²) < 4.78 is 0. The molecular formula is C107H45CuN9. The van der Waals surface area contributed by atoms with E-state index in [2.05, 4.69) is 147 Å². The van der Waals surface area contributed by atoms with Crippen LogP contribution in [0, 0.1) is 0 Å². The van der Waals surface area contributed by atoms with Crippen LogP contribution in [0.1, 0.15) is 113 Å². The van der Waals surface area contributed by atoms with Gasteiger partial charge in [0.1, 0.15) is 0 Å². The van der Waals surface area contributed by atoms with Crippen LogP contribution >= 0.6 is 0 Å². The number of likely N-dealkylation sites (N-methyl/N-ethyl adjacent to an activating group) is 1. The second-order valence-electron chi connectivity index (χ2n) is 42.1. The molecule has 10 heteroatoms. The Labute approximate surface area is 663 Å². The molecule has 7 aliphatic rings. The summed E-state index contributed by atoms with van der Waals surface area (Å²) in [6, 6.07) is 27.6. The quantitative estimate of drug-likeness (QED) is 0.117. The summed E-state index contributed by atoms with van der Waals surface area (Å²) in [5, 5.41) is 90.9. The van der Waals surface area contributed by atoms with Crippen molar-refractivity contribution in [3.63, 3.8) is 0 Å². The van der Waals surface area contributed by atoms with Gasteiger partial charge in [-0.3, -0.25) is 4.90 Å². The second kappa shape index (κ2) is 13.9. The van der Waals surface area contributed by atoms with Crippen molar-refractivity contribution < 1.29 is 17.1 Å². The molecule has 0 saturated carbocycles. The molecule has 3 unspecified atom stereocenters. The van der Waals surface area contributed by atoms with E-state index in [0.29, 0.717) is 45.9 Å². The Kier molecular flexibility index (Phi) is 6.44. The maximum absolute atomic E-state index is 5.91. The number of fused-ring (bicyclic) bond motifs is 20. The largest absolute Gasteiger partial charge is 2.00 e. The topological polar surface area (TPSA) is 109 Å². The van der Waals surface area contributed by atoms with Gasteiger partial charge in [-0.15, -0.1) is 0 Å². The Morgan fingerprint density at radius 1 is 0.265 bits per heavy atom. The number of rotatable bonds is 1. The third kappa shape index (κ3) is 4.01. The molecule has 0 N–H and O–H groups in total. The van der Waals surface area contributed by atoms with E-state index in [9.17, 15) is 0 Å². The van der Waals surface area contributed by atoms with E-state index in [1.807, 2.05) is 0 Å². The van der Waals surface area contributed by atoms with Gasteiger partial charge in [-0.1, -0.05) is 111 Å². The summed E-state index contributed by atoms with van der Waals surface area (Å²) in [4.78, 5) is 48.2. The fraction of sp³-hybridized carbons (Fsp3) is 0.159. The summed E-state index contributed by atoms with van der Waals surface area (Å²) in [7, 11) is 2.56. The maximum Gasteiger partial charge on any atom is 2.00 e. The van der Waals surface area contributed by atoms with Gasteiger partial charge in [-0.2, -0.15) is 0 Å². The van der Waals surface area contributed by atoms with E-state index in [1.165, 1.54) is 22.3 Å². The first kappa shape index (κ1) is 54.1. The molecule has 6 heterocycles. The molecule has 32 aromatic carbocycles. The number of nitrogens with zero attached hydrogens (tertiary/aromatic N) is 9. The molecule has 2 spiro atoms. The monoisotopic (exact) mass is 1520 g/mol. The number of hydrogen-bond acceptors (Lipinski definition) is 7. The van der Waals surface area contributed by atoms with E-state index < -0.39 is 10.8 Å². The predicted molar refractivity (Wildman–Crippen MR) is 479 cm³/mol. The third-order valence-electron chi connectivity index (χ3n) is 35.5. The van der Waals surface area contributed by atoms with Crippen molar-refractivity contribution in [3.05, 3.63) is 117 Å². The number of likely N-dealkylation sites (tertiary alicyclic amines) is 1. The van der Waals surface area contributed by atoms with Crippen LogP contribution in [-0.4, -0.2) is 48.4 Å².